The van der Waals surface area contributed by atoms with Crippen molar-refractivity contribution in [2.45, 2.75) is 78.1 Å². The van der Waals surface area contributed by atoms with Gasteiger partial charge in [0.1, 0.15) is 17.2 Å². The van der Waals surface area contributed by atoms with Crippen molar-refractivity contribution in [1.29, 1.82) is 0 Å². The Labute approximate surface area is 234 Å². The molecule has 3 rings (SSSR count). The van der Waals surface area contributed by atoms with E-state index in [1.54, 1.807) is 24.3 Å². The van der Waals surface area contributed by atoms with Crippen LogP contribution >= 0.6 is 0 Å². The topological polar surface area (TPSA) is 44.8 Å². The second-order valence-corrected chi connectivity index (χ2v) is 9.74. The highest BCUT2D eigenvalue weighted by molar-refractivity contribution is 5.91. The first-order valence-electron chi connectivity index (χ1n) is 14.5. The number of unbranched alkanes of at least 4 members (excludes halogenated alkanes) is 8. The van der Waals surface area contributed by atoms with Gasteiger partial charge in [0.25, 0.3) is 0 Å². The second kappa shape index (κ2) is 17.7. The van der Waals surface area contributed by atoms with Gasteiger partial charge >= 0.3 is 5.97 Å². The zero-order chi connectivity index (χ0) is 27.5. The number of esters is 1. The molecule has 4 nitrogen and oxygen atoms in total. The SMILES string of the molecule is CCCCCCCOc1ccc(C#Cc2ccc(OC(=O)c3ccc(OCCCCCCC)cc3)cc2)cc1. The summed E-state index contributed by atoms with van der Waals surface area (Å²) in [6.45, 7) is 5.88. The Morgan fingerprint density at radius 3 is 1.41 bits per heavy atom. The van der Waals surface area contributed by atoms with Crippen LogP contribution in [-0.4, -0.2) is 19.2 Å². The van der Waals surface area contributed by atoms with E-state index in [9.17, 15) is 4.79 Å². The molecule has 206 valence electrons. The summed E-state index contributed by atoms with van der Waals surface area (Å²) in [7, 11) is 0. The van der Waals surface area contributed by atoms with Crippen LogP contribution < -0.4 is 14.2 Å². The lowest BCUT2D eigenvalue weighted by Gasteiger charge is -2.08. The van der Waals surface area contributed by atoms with Crippen LogP contribution in [0.1, 0.15) is 99.5 Å². The van der Waals surface area contributed by atoms with E-state index in [4.69, 9.17) is 14.2 Å². The maximum absolute atomic E-state index is 12.5. The molecule has 3 aromatic rings. The molecule has 0 spiro atoms. The van der Waals surface area contributed by atoms with Crippen molar-refractivity contribution in [3.63, 3.8) is 0 Å². The third-order valence-electron chi connectivity index (χ3n) is 6.39. The first-order chi connectivity index (χ1) is 19.2. The first kappa shape index (κ1) is 29.8. The van der Waals surface area contributed by atoms with Gasteiger partial charge in [-0.15, -0.1) is 0 Å². The van der Waals surface area contributed by atoms with Crippen LogP contribution in [0.2, 0.25) is 0 Å². The van der Waals surface area contributed by atoms with Gasteiger partial charge in [-0.2, -0.15) is 0 Å². The highest BCUT2D eigenvalue weighted by Crippen LogP contribution is 2.18. The molecule has 0 amide bonds. The third-order valence-corrected chi connectivity index (χ3v) is 6.39. The van der Waals surface area contributed by atoms with E-state index in [-0.39, 0.29) is 0 Å². The predicted octanol–water partition coefficient (Wildman–Crippen LogP) is 9.00. The molecule has 0 aliphatic heterocycles. The fourth-order valence-electron chi connectivity index (χ4n) is 4.03. The molecular formula is C35H42O4. The lowest BCUT2D eigenvalue weighted by molar-refractivity contribution is 0.0734. The minimum Gasteiger partial charge on any atom is -0.494 e. The summed E-state index contributed by atoms with van der Waals surface area (Å²) in [6, 6.07) is 22.2. The molecule has 0 bridgehead atoms. The normalized spacial score (nSPS) is 10.4. The van der Waals surface area contributed by atoms with Crippen molar-refractivity contribution < 1.29 is 19.0 Å². The summed E-state index contributed by atoms with van der Waals surface area (Å²) in [5.41, 5.74) is 2.25. The molecule has 0 aliphatic rings. The van der Waals surface area contributed by atoms with E-state index in [1.165, 1.54) is 51.4 Å². The Bertz CT molecular complexity index is 1150. The predicted molar refractivity (Wildman–Crippen MR) is 159 cm³/mol. The van der Waals surface area contributed by atoms with Gasteiger partial charge in [-0.3, -0.25) is 0 Å². The van der Waals surface area contributed by atoms with E-state index < -0.39 is 5.97 Å². The summed E-state index contributed by atoms with van der Waals surface area (Å²) in [4.78, 5) is 12.5. The van der Waals surface area contributed by atoms with Gasteiger partial charge in [0.15, 0.2) is 0 Å². The molecule has 0 aromatic heterocycles. The van der Waals surface area contributed by atoms with E-state index in [0.29, 0.717) is 17.9 Å². The maximum Gasteiger partial charge on any atom is 0.343 e. The average molecular weight is 527 g/mol. The molecule has 3 aromatic carbocycles. The Morgan fingerprint density at radius 2 is 0.949 bits per heavy atom. The van der Waals surface area contributed by atoms with Crippen molar-refractivity contribution >= 4 is 5.97 Å². The molecule has 0 heterocycles. The minimum absolute atomic E-state index is 0.400. The second-order valence-electron chi connectivity index (χ2n) is 9.74. The summed E-state index contributed by atoms with van der Waals surface area (Å²) in [6.07, 6.45) is 12.1. The zero-order valence-corrected chi connectivity index (χ0v) is 23.5. The van der Waals surface area contributed by atoms with Gasteiger partial charge in [0.05, 0.1) is 18.8 Å². The van der Waals surface area contributed by atoms with Gasteiger partial charge in [-0.25, -0.2) is 4.79 Å². The number of carbonyl (C=O) groups is 1. The summed E-state index contributed by atoms with van der Waals surface area (Å²) in [5, 5.41) is 0. The molecule has 39 heavy (non-hydrogen) atoms. The molecule has 0 N–H and O–H groups in total. The summed E-state index contributed by atoms with van der Waals surface area (Å²) < 4.78 is 17.1. The number of benzene rings is 3. The molecule has 4 heteroatoms. The molecular weight excluding hydrogens is 484 g/mol. The molecule has 0 saturated carbocycles. The van der Waals surface area contributed by atoms with E-state index in [1.807, 2.05) is 48.5 Å². The number of hydrogen-bond donors (Lipinski definition) is 0. The number of hydrogen-bond acceptors (Lipinski definition) is 4. The standard InChI is InChI=1S/C35H42O4/c1-3-5-7-9-11-27-37-32-21-15-29(16-22-32)13-14-30-17-23-34(24-18-30)39-35(36)31-19-25-33(26-20-31)38-28-12-10-8-6-4-2/h15-26H,3-12,27-28H2,1-2H3. The number of carbonyl (C=O) groups excluding carboxylic acids is 1. The van der Waals surface area contributed by atoms with E-state index in [0.717, 1.165) is 42.1 Å². The molecule has 0 unspecified atom stereocenters. The van der Waals surface area contributed by atoms with Crippen molar-refractivity contribution in [2.24, 2.45) is 0 Å². The van der Waals surface area contributed by atoms with Crippen LogP contribution in [0.25, 0.3) is 0 Å². The van der Waals surface area contributed by atoms with Crippen LogP contribution in [0.15, 0.2) is 72.8 Å². The number of rotatable bonds is 16. The quantitative estimate of drug-likeness (QED) is 0.0808. The summed E-state index contributed by atoms with van der Waals surface area (Å²) in [5.74, 6) is 8.05. The molecule has 0 saturated heterocycles. The molecule has 0 radical (unpaired) electrons. The Kier molecular flexibility index (Phi) is 13.6. The average Bonchev–Trinajstić information content (AvgIpc) is 2.97. The van der Waals surface area contributed by atoms with Crippen molar-refractivity contribution in [3.8, 4) is 29.1 Å². The van der Waals surface area contributed by atoms with Crippen LogP contribution in [0.3, 0.4) is 0 Å². The molecule has 0 fully saturated rings. The lowest BCUT2D eigenvalue weighted by atomic mass is 10.1. The maximum atomic E-state index is 12.5. The summed E-state index contributed by atoms with van der Waals surface area (Å²) >= 11 is 0. The van der Waals surface area contributed by atoms with Crippen molar-refractivity contribution in [2.75, 3.05) is 13.2 Å². The Morgan fingerprint density at radius 1 is 0.538 bits per heavy atom. The third kappa shape index (κ3) is 11.7. The van der Waals surface area contributed by atoms with E-state index in [2.05, 4.69) is 25.7 Å². The number of ether oxygens (including phenoxy) is 3. The van der Waals surface area contributed by atoms with Gasteiger partial charge in [-0.1, -0.05) is 77.1 Å². The van der Waals surface area contributed by atoms with Crippen LogP contribution in [0.5, 0.6) is 17.2 Å². The zero-order valence-electron chi connectivity index (χ0n) is 23.5. The first-order valence-corrected chi connectivity index (χ1v) is 14.5. The fourth-order valence-corrected chi connectivity index (χ4v) is 4.03. The van der Waals surface area contributed by atoms with Gasteiger partial charge in [0, 0.05) is 11.1 Å². The smallest absolute Gasteiger partial charge is 0.343 e. The van der Waals surface area contributed by atoms with Crippen molar-refractivity contribution in [1.82, 2.24) is 0 Å². The van der Waals surface area contributed by atoms with Crippen LogP contribution in [0.4, 0.5) is 0 Å². The van der Waals surface area contributed by atoms with Crippen molar-refractivity contribution in [3.05, 3.63) is 89.5 Å². The largest absolute Gasteiger partial charge is 0.494 e. The van der Waals surface area contributed by atoms with E-state index >= 15 is 0 Å². The fraction of sp³-hybridized carbons (Fsp3) is 0.400. The molecule has 0 aliphatic carbocycles. The Balaban J connectivity index is 1.41. The van der Waals surface area contributed by atoms with Crippen LogP contribution in [-0.2, 0) is 0 Å². The highest BCUT2D eigenvalue weighted by atomic mass is 16.5. The Hall–Kier alpha value is -3.71. The minimum atomic E-state index is -0.400. The van der Waals surface area contributed by atoms with Gasteiger partial charge < -0.3 is 14.2 Å². The van der Waals surface area contributed by atoms with Gasteiger partial charge in [-0.05, 0) is 85.6 Å². The monoisotopic (exact) mass is 526 g/mol. The lowest BCUT2D eigenvalue weighted by Crippen LogP contribution is -2.08. The highest BCUT2D eigenvalue weighted by Gasteiger charge is 2.09. The van der Waals surface area contributed by atoms with Crippen LogP contribution in [0, 0.1) is 11.8 Å². The van der Waals surface area contributed by atoms with Gasteiger partial charge in [0.2, 0.25) is 0 Å². The molecule has 0 atom stereocenters.